The second-order valence-corrected chi connectivity index (χ2v) is 7.39. The largest absolute Gasteiger partial charge is 0.493 e. The Labute approximate surface area is 165 Å². The van der Waals surface area contributed by atoms with E-state index in [1.165, 1.54) is 17.4 Å². The molecule has 2 aromatic carbocycles. The molecule has 3 N–H and O–H groups in total. The monoisotopic (exact) mass is 399 g/mol. The minimum Gasteiger partial charge on any atom is -0.493 e. The lowest BCUT2D eigenvalue weighted by Crippen LogP contribution is -2.23. The van der Waals surface area contributed by atoms with Crippen LogP contribution in [-0.4, -0.2) is 18.0 Å². The fraction of sp³-hybridized carbons (Fsp3) is 0.200. The molecular weight excluding hydrogens is 381 g/mol. The third kappa shape index (κ3) is 3.38. The maximum absolute atomic E-state index is 14.0. The summed E-state index contributed by atoms with van der Waals surface area (Å²) < 4.78 is 25.4. The molecule has 1 aliphatic heterocycles. The quantitative estimate of drug-likeness (QED) is 0.679. The van der Waals surface area contributed by atoms with E-state index in [2.05, 4.69) is 10.3 Å². The number of thiazole rings is 1. The fourth-order valence-electron chi connectivity index (χ4n) is 3.27. The Kier molecular flexibility index (Phi) is 4.87. The summed E-state index contributed by atoms with van der Waals surface area (Å²) >= 11 is 1.33. The minimum atomic E-state index is -0.339. The third-order valence-corrected chi connectivity index (χ3v) is 5.57. The molecule has 1 aromatic heterocycles. The molecule has 144 valence electrons. The molecule has 0 aliphatic carbocycles. The van der Waals surface area contributed by atoms with Crippen LogP contribution in [-0.2, 0) is 11.4 Å². The second-order valence-electron chi connectivity index (χ2n) is 6.33. The van der Waals surface area contributed by atoms with Gasteiger partial charge in [0.15, 0.2) is 16.6 Å². The van der Waals surface area contributed by atoms with Crippen molar-refractivity contribution in [2.24, 2.45) is 0 Å². The molecule has 1 aliphatic rings. The summed E-state index contributed by atoms with van der Waals surface area (Å²) in [6, 6.07) is 11.9. The smallest absolute Gasteiger partial charge is 0.226 e. The molecule has 28 heavy (non-hydrogen) atoms. The van der Waals surface area contributed by atoms with Gasteiger partial charge in [-0.1, -0.05) is 41.7 Å². The van der Waals surface area contributed by atoms with Crippen molar-refractivity contribution in [3.63, 3.8) is 0 Å². The highest BCUT2D eigenvalue weighted by Gasteiger charge is 2.32. The van der Waals surface area contributed by atoms with Crippen LogP contribution in [0.15, 0.2) is 42.5 Å². The Balaban J connectivity index is 1.74. The van der Waals surface area contributed by atoms with Crippen LogP contribution in [0.5, 0.6) is 11.5 Å². The molecular formula is C20H18FN3O3S. The Morgan fingerprint density at radius 1 is 1.29 bits per heavy atom. The van der Waals surface area contributed by atoms with Gasteiger partial charge in [-0.3, -0.25) is 4.79 Å². The van der Waals surface area contributed by atoms with Crippen LogP contribution < -0.4 is 20.5 Å². The van der Waals surface area contributed by atoms with Gasteiger partial charge in [-0.05, 0) is 12.1 Å². The Bertz CT molecular complexity index is 1040. The molecule has 0 unspecified atom stereocenters. The lowest BCUT2D eigenvalue weighted by Gasteiger charge is -2.24. The number of ether oxygens (including phenoxy) is 2. The van der Waals surface area contributed by atoms with Gasteiger partial charge in [0.1, 0.15) is 18.2 Å². The molecule has 4 rings (SSSR count). The number of aromatic nitrogens is 1. The number of para-hydroxylation sites is 1. The first-order valence-electron chi connectivity index (χ1n) is 8.66. The SMILES string of the molecule is COc1cccc([C@@H]2CC(=O)Nc3nc(N)sc32)c1OCc1ccccc1F. The summed E-state index contributed by atoms with van der Waals surface area (Å²) in [7, 11) is 1.54. The van der Waals surface area contributed by atoms with Crippen molar-refractivity contribution in [3.8, 4) is 11.5 Å². The minimum absolute atomic E-state index is 0.0383. The molecule has 0 saturated heterocycles. The van der Waals surface area contributed by atoms with E-state index in [0.29, 0.717) is 28.0 Å². The summed E-state index contributed by atoms with van der Waals surface area (Å²) in [5, 5.41) is 3.14. The summed E-state index contributed by atoms with van der Waals surface area (Å²) in [5.41, 5.74) is 7.06. The Morgan fingerprint density at radius 3 is 2.89 bits per heavy atom. The first-order chi connectivity index (χ1) is 13.6. The lowest BCUT2D eigenvalue weighted by molar-refractivity contribution is -0.116. The first kappa shape index (κ1) is 18.2. The van der Waals surface area contributed by atoms with E-state index in [0.717, 1.165) is 10.4 Å². The Morgan fingerprint density at radius 2 is 2.11 bits per heavy atom. The highest BCUT2D eigenvalue weighted by molar-refractivity contribution is 7.16. The molecule has 1 atom stereocenters. The molecule has 3 aromatic rings. The number of benzene rings is 2. The summed E-state index contributed by atoms with van der Waals surface area (Å²) in [6.45, 7) is 0.0383. The van der Waals surface area contributed by atoms with Crippen molar-refractivity contribution in [1.29, 1.82) is 0 Å². The van der Waals surface area contributed by atoms with E-state index < -0.39 is 0 Å². The van der Waals surface area contributed by atoms with Gasteiger partial charge in [-0.25, -0.2) is 9.37 Å². The van der Waals surface area contributed by atoms with Crippen molar-refractivity contribution in [3.05, 3.63) is 64.3 Å². The van der Waals surface area contributed by atoms with Gasteiger partial charge in [0.25, 0.3) is 0 Å². The van der Waals surface area contributed by atoms with E-state index in [9.17, 15) is 9.18 Å². The van der Waals surface area contributed by atoms with E-state index in [1.54, 1.807) is 31.4 Å². The van der Waals surface area contributed by atoms with Crippen LogP contribution >= 0.6 is 11.3 Å². The van der Waals surface area contributed by atoms with Gasteiger partial charge in [0.2, 0.25) is 5.91 Å². The highest BCUT2D eigenvalue weighted by Crippen LogP contribution is 2.46. The van der Waals surface area contributed by atoms with Gasteiger partial charge < -0.3 is 20.5 Å². The van der Waals surface area contributed by atoms with Gasteiger partial charge in [-0.15, -0.1) is 0 Å². The van der Waals surface area contributed by atoms with Crippen molar-refractivity contribution in [1.82, 2.24) is 4.98 Å². The number of halogens is 1. The lowest BCUT2D eigenvalue weighted by atomic mass is 9.90. The third-order valence-electron chi connectivity index (χ3n) is 4.57. The molecule has 0 radical (unpaired) electrons. The van der Waals surface area contributed by atoms with Crippen LogP contribution in [0.1, 0.15) is 28.3 Å². The van der Waals surface area contributed by atoms with Crippen molar-refractivity contribution in [2.75, 3.05) is 18.2 Å². The number of nitrogens with two attached hydrogens (primary N) is 1. The molecule has 6 nitrogen and oxygen atoms in total. The molecule has 8 heteroatoms. The topological polar surface area (TPSA) is 86.5 Å². The number of hydrogen-bond donors (Lipinski definition) is 2. The average Bonchev–Trinajstić information content (AvgIpc) is 3.06. The number of anilines is 2. The standard InChI is InChI=1S/C20H18FN3O3S/c1-26-15-8-4-6-12(17(15)27-10-11-5-2-3-7-14(11)21)13-9-16(25)23-19-18(13)28-20(22)24-19/h2-8,13H,9-10H2,1H3,(H2,22,24)(H,23,25)/t13-/m0/s1. The van der Waals surface area contributed by atoms with Gasteiger partial charge in [-0.2, -0.15) is 0 Å². The van der Waals surface area contributed by atoms with Crippen LogP contribution in [0.25, 0.3) is 0 Å². The number of hydrogen-bond acceptors (Lipinski definition) is 6. The highest BCUT2D eigenvalue weighted by atomic mass is 32.1. The number of carbonyl (C=O) groups is 1. The fourth-order valence-corrected chi connectivity index (χ4v) is 4.18. The average molecular weight is 399 g/mol. The molecule has 0 saturated carbocycles. The Hall–Kier alpha value is -3.13. The van der Waals surface area contributed by atoms with Crippen molar-refractivity contribution >= 4 is 28.2 Å². The maximum Gasteiger partial charge on any atom is 0.226 e. The number of nitrogen functional groups attached to an aromatic ring is 1. The van der Waals surface area contributed by atoms with Gasteiger partial charge >= 0.3 is 0 Å². The molecule has 0 fully saturated rings. The zero-order chi connectivity index (χ0) is 19.7. The van der Waals surface area contributed by atoms with Crippen molar-refractivity contribution < 1.29 is 18.7 Å². The summed E-state index contributed by atoms with van der Waals surface area (Å²) in [4.78, 5) is 17.3. The molecule has 0 bridgehead atoms. The second kappa shape index (κ2) is 7.47. The summed E-state index contributed by atoms with van der Waals surface area (Å²) in [6.07, 6.45) is 0.234. The van der Waals surface area contributed by atoms with Crippen LogP contribution in [0, 0.1) is 5.82 Å². The van der Waals surface area contributed by atoms with E-state index in [1.807, 2.05) is 12.1 Å². The number of rotatable bonds is 5. The zero-order valence-electron chi connectivity index (χ0n) is 15.1. The number of nitrogens with one attached hydrogen (secondary N) is 1. The zero-order valence-corrected chi connectivity index (χ0v) is 15.9. The summed E-state index contributed by atoms with van der Waals surface area (Å²) in [5.74, 6) is 0.708. The number of nitrogens with zero attached hydrogens (tertiary/aromatic N) is 1. The number of methoxy groups -OCH3 is 1. The van der Waals surface area contributed by atoms with Crippen molar-refractivity contribution in [2.45, 2.75) is 18.9 Å². The number of amides is 1. The predicted molar refractivity (Wildman–Crippen MR) is 105 cm³/mol. The van der Waals surface area contributed by atoms with Gasteiger partial charge in [0.05, 0.1) is 12.0 Å². The number of carbonyl (C=O) groups excluding carboxylic acids is 1. The molecule has 1 amide bonds. The van der Waals surface area contributed by atoms with Crippen LogP contribution in [0.3, 0.4) is 0 Å². The molecule has 0 spiro atoms. The van der Waals surface area contributed by atoms with Crippen LogP contribution in [0.4, 0.5) is 15.3 Å². The van der Waals surface area contributed by atoms with E-state index in [-0.39, 0.29) is 30.7 Å². The normalized spacial score (nSPS) is 15.6. The van der Waals surface area contributed by atoms with Gasteiger partial charge in [0, 0.05) is 23.5 Å². The van der Waals surface area contributed by atoms with Crippen LogP contribution in [0.2, 0.25) is 0 Å². The molecule has 2 heterocycles. The first-order valence-corrected chi connectivity index (χ1v) is 9.47. The van der Waals surface area contributed by atoms with E-state index >= 15 is 0 Å². The maximum atomic E-state index is 14.0. The number of fused-ring (bicyclic) bond motifs is 1. The predicted octanol–water partition coefficient (Wildman–Crippen LogP) is 3.93. The van der Waals surface area contributed by atoms with E-state index in [4.69, 9.17) is 15.2 Å².